The Labute approximate surface area is 227 Å². The van der Waals surface area contributed by atoms with E-state index in [-0.39, 0.29) is 28.0 Å². The summed E-state index contributed by atoms with van der Waals surface area (Å²) >= 11 is 0. The SMILES string of the molecule is C=C/C=C(\C=C/C)[C@H](NCc1ccc(C(F)(F)F)cc1)[C@@H](NCc1ccc(C(F)(F)F)cc1)c1ccccc1.[HH].[HH]. The van der Waals surface area contributed by atoms with E-state index >= 15 is 0 Å². The first-order valence-corrected chi connectivity index (χ1v) is 12.3. The lowest BCUT2D eigenvalue weighted by Crippen LogP contribution is -2.42. The molecule has 3 rings (SSSR count). The third kappa shape index (κ3) is 8.70. The van der Waals surface area contributed by atoms with Gasteiger partial charge in [-0.1, -0.05) is 85.5 Å². The van der Waals surface area contributed by atoms with Gasteiger partial charge in [-0.2, -0.15) is 26.3 Å². The molecule has 0 spiro atoms. The predicted octanol–water partition coefficient (Wildman–Crippen LogP) is 8.89. The number of rotatable bonds is 11. The number of hydrogen-bond donors (Lipinski definition) is 2. The van der Waals surface area contributed by atoms with E-state index < -0.39 is 23.5 Å². The second-order valence-corrected chi connectivity index (χ2v) is 8.92. The molecule has 8 heteroatoms. The largest absolute Gasteiger partial charge is 0.416 e. The molecule has 0 saturated heterocycles. The third-order valence-corrected chi connectivity index (χ3v) is 6.14. The van der Waals surface area contributed by atoms with Gasteiger partial charge in [0, 0.05) is 15.9 Å². The van der Waals surface area contributed by atoms with Crippen LogP contribution >= 0.6 is 0 Å². The van der Waals surface area contributed by atoms with E-state index in [4.69, 9.17) is 0 Å². The first kappa shape index (κ1) is 29.9. The van der Waals surface area contributed by atoms with E-state index in [2.05, 4.69) is 17.2 Å². The molecule has 0 aliphatic heterocycles. The number of halogens is 6. The molecule has 3 aromatic carbocycles. The lowest BCUT2D eigenvalue weighted by molar-refractivity contribution is -0.138. The number of hydrogen-bond acceptors (Lipinski definition) is 2. The monoisotopic (exact) mass is 548 g/mol. The predicted molar refractivity (Wildman–Crippen MR) is 147 cm³/mol. The van der Waals surface area contributed by atoms with Crippen molar-refractivity contribution < 1.29 is 29.2 Å². The molecular formula is C31H34F6N2. The van der Waals surface area contributed by atoms with Crippen LogP contribution in [0.2, 0.25) is 0 Å². The number of alkyl halides is 6. The summed E-state index contributed by atoms with van der Waals surface area (Å²) in [6.07, 6.45) is -1.54. The van der Waals surface area contributed by atoms with Crippen LogP contribution in [0.4, 0.5) is 26.3 Å². The van der Waals surface area contributed by atoms with Crippen molar-refractivity contribution in [2.45, 2.75) is 44.4 Å². The summed E-state index contributed by atoms with van der Waals surface area (Å²) in [5.41, 5.74) is 1.70. The molecule has 0 aliphatic carbocycles. The van der Waals surface area contributed by atoms with Gasteiger partial charge in [0.15, 0.2) is 0 Å². The van der Waals surface area contributed by atoms with Crippen LogP contribution in [-0.4, -0.2) is 6.04 Å². The minimum absolute atomic E-state index is 0. The van der Waals surface area contributed by atoms with Gasteiger partial charge < -0.3 is 10.6 Å². The Balaban J connectivity index is 0.00000420. The van der Waals surface area contributed by atoms with E-state index in [1.165, 1.54) is 24.3 Å². The average Bonchev–Trinajstić information content (AvgIpc) is 2.90. The molecule has 2 atom stereocenters. The second kappa shape index (κ2) is 13.4. The van der Waals surface area contributed by atoms with Gasteiger partial charge in [-0.15, -0.1) is 0 Å². The van der Waals surface area contributed by atoms with Crippen LogP contribution in [0.15, 0.2) is 115 Å². The minimum atomic E-state index is -4.42. The molecule has 0 amide bonds. The molecule has 0 aliphatic rings. The lowest BCUT2D eigenvalue weighted by Gasteiger charge is -2.31. The van der Waals surface area contributed by atoms with Gasteiger partial charge in [0.05, 0.1) is 23.2 Å². The maximum Gasteiger partial charge on any atom is 0.416 e. The topological polar surface area (TPSA) is 24.1 Å². The zero-order valence-corrected chi connectivity index (χ0v) is 21.4. The highest BCUT2D eigenvalue weighted by Gasteiger charge is 2.31. The van der Waals surface area contributed by atoms with E-state index in [1.807, 2.05) is 55.5 Å². The molecule has 0 radical (unpaired) electrons. The van der Waals surface area contributed by atoms with Crippen molar-refractivity contribution >= 4 is 0 Å². The number of nitrogens with one attached hydrogen (secondary N) is 2. The molecule has 0 heterocycles. The summed E-state index contributed by atoms with van der Waals surface area (Å²) in [4.78, 5) is 0. The Morgan fingerprint density at radius 1 is 0.769 bits per heavy atom. The average molecular weight is 549 g/mol. The van der Waals surface area contributed by atoms with Gasteiger partial charge in [0.25, 0.3) is 0 Å². The highest BCUT2D eigenvalue weighted by atomic mass is 19.4. The summed E-state index contributed by atoms with van der Waals surface area (Å²) in [5, 5.41) is 6.94. The van der Waals surface area contributed by atoms with Gasteiger partial charge in [0.1, 0.15) is 0 Å². The van der Waals surface area contributed by atoms with Gasteiger partial charge >= 0.3 is 12.4 Å². The molecule has 0 saturated carbocycles. The van der Waals surface area contributed by atoms with Gasteiger partial charge in [-0.3, -0.25) is 0 Å². The number of allylic oxidation sites excluding steroid dienone is 3. The van der Waals surface area contributed by atoms with Crippen LogP contribution in [0.1, 0.15) is 43.6 Å². The van der Waals surface area contributed by atoms with Crippen LogP contribution in [0.5, 0.6) is 0 Å². The zero-order chi connectivity index (χ0) is 28.5. The van der Waals surface area contributed by atoms with Crippen molar-refractivity contribution in [2.75, 3.05) is 0 Å². The summed E-state index contributed by atoms with van der Waals surface area (Å²) in [6, 6.07) is 18.8. The third-order valence-electron chi connectivity index (χ3n) is 6.14. The van der Waals surface area contributed by atoms with Gasteiger partial charge in [-0.05, 0) is 53.5 Å². The van der Waals surface area contributed by atoms with Gasteiger partial charge in [0.2, 0.25) is 0 Å². The van der Waals surface area contributed by atoms with E-state index in [0.717, 1.165) is 35.4 Å². The quantitative estimate of drug-likeness (QED) is 0.185. The molecule has 210 valence electrons. The lowest BCUT2D eigenvalue weighted by atomic mass is 9.91. The molecule has 0 fully saturated rings. The van der Waals surface area contributed by atoms with Crippen LogP contribution in [0, 0.1) is 0 Å². The Morgan fingerprint density at radius 3 is 1.69 bits per heavy atom. The molecule has 3 aromatic rings. The van der Waals surface area contributed by atoms with Gasteiger partial charge in [-0.25, -0.2) is 0 Å². The van der Waals surface area contributed by atoms with Crippen molar-refractivity contribution in [3.63, 3.8) is 0 Å². The summed E-state index contributed by atoms with van der Waals surface area (Å²) in [5.74, 6) is 0. The molecule has 2 nitrogen and oxygen atoms in total. The van der Waals surface area contributed by atoms with Crippen molar-refractivity contribution in [2.24, 2.45) is 0 Å². The molecule has 0 aromatic heterocycles. The van der Waals surface area contributed by atoms with Crippen molar-refractivity contribution in [1.29, 1.82) is 0 Å². The fraction of sp³-hybridized carbons (Fsp3) is 0.226. The second-order valence-electron chi connectivity index (χ2n) is 8.92. The van der Waals surface area contributed by atoms with Crippen molar-refractivity contribution in [3.8, 4) is 0 Å². The van der Waals surface area contributed by atoms with Crippen LogP contribution < -0.4 is 10.6 Å². The Morgan fingerprint density at radius 2 is 1.26 bits per heavy atom. The Hall–Kier alpha value is -3.62. The summed E-state index contributed by atoms with van der Waals surface area (Å²) in [7, 11) is 0. The zero-order valence-electron chi connectivity index (χ0n) is 21.4. The summed E-state index contributed by atoms with van der Waals surface area (Å²) < 4.78 is 78.0. The molecule has 2 N–H and O–H groups in total. The van der Waals surface area contributed by atoms with E-state index in [9.17, 15) is 26.3 Å². The first-order valence-electron chi connectivity index (χ1n) is 12.3. The maximum atomic E-state index is 13.0. The maximum absolute atomic E-state index is 13.0. The normalized spacial score (nSPS) is 14.4. The highest BCUT2D eigenvalue weighted by Crippen LogP contribution is 2.31. The fourth-order valence-corrected chi connectivity index (χ4v) is 4.19. The first-order chi connectivity index (χ1) is 18.5. The fourth-order valence-electron chi connectivity index (χ4n) is 4.19. The highest BCUT2D eigenvalue weighted by molar-refractivity contribution is 5.35. The van der Waals surface area contributed by atoms with Crippen LogP contribution in [-0.2, 0) is 25.4 Å². The molecular weight excluding hydrogens is 514 g/mol. The Kier molecular flexibility index (Phi) is 10.3. The van der Waals surface area contributed by atoms with E-state index in [1.54, 1.807) is 6.08 Å². The standard InChI is InChI=1S/C31H30F6N2.2H2/c1-3-8-24(9-4-2)28(38-20-22-12-16-26(17-13-22)30(32,33)34)29(25-10-6-5-7-11-25)39-21-23-14-18-27(19-15-23)31(35,36)37;;/h3-19,28-29,38-39H,1,20-21H2,2H3;2*1H/b9-4-,24-8+;;/t28-,29-;;/m0../s1. The van der Waals surface area contributed by atoms with Crippen molar-refractivity contribution in [1.82, 2.24) is 10.6 Å². The smallest absolute Gasteiger partial charge is 0.304 e. The van der Waals surface area contributed by atoms with Crippen LogP contribution in [0.25, 0.3) is 0 Å². The van der Waals surface area contributed by atoms with Crippen LogP contribution in [0.3, 0.4) is 0 Å². The van der Waals surface area contributed by atoms with Crippen molar-refractivity contribution in [3.05, 3.63) is 143 Å². The molecule has 0 bridgehead atoms. The summed E-state index contributed by atoms with van der Waals surface area (Å²) in [6.45, 7) is 6.25. The molecule has 0 unspecified atom stereocenters. The Bertz CT molecular complexity index is 1250. The number of benzene rings is 3. The minimum Gasteiger partial charge on any atom is -0.304 e. The molecule has 39 heavy (non-hydrogen) atoms. The van der Waals surface area contributed by atoms with E-state index in [0.29, 0.717) is 11.1 Å².